The highest BCUT2D eigenvalue weighted by atomic mass is 16.3. The number of aromatic nitrogens is 2. The molecule has 0 saturated carbocycles. The summed E-state index contributed by atoms with van der Waals surface area (Å²) in [5, 5.41) is 4.35. The van der Waals surface area contributed by atoms with Crippen LogP contribution in [0.15, 0.2) is 29.0 Å². The molecule has 1 atom stereocenters. The molecule has 17 heavy (non-hydrogen) atoms. The van der Waals surface area contributed by atoms with E-state index in [-0.39, 0.29) is 6.04 Å². The Labute approximate surface area is 101 Å². The van der Waals surface area contributed by atoms with Gasteiger partial charge in [0.05, 0.1) is 18.0 Å². The van der Waals surface area contributed by atoms with Crippen molar-refractivity contribution in [3.05, 3.63) is 41.6 Å². The molecule has 0 aromatic carbocycles. The lowest BCUT2D eigenvalue weighted by Crippen LogP contribution is -2.30. The molecule has 0 amide bonds. The summed E-state index contributed by atoms with van der Waals surface area (Å²) < 4.78 is 7.21. The summed E-state index contributed by atoms with van der Waals surface area (Å²) in [7, 11) is 1.91. The molecule has 0 aliphatic carbocycles. The van der Waals surface area contributed by atoms with Gasteiger partial charge in [-0.15, -0.1) is 0 Å². The predicted molar refractivity (Wildman–Crippen MR) is 65.1 cm³/mol. The Kier molecular flexibility index (Phi) is 3.61. The van der Waals surface area contributed by atoms with E-state index in [9.17, 15) is 0 Å². The number of hydrogen-bond acceptors (Lipinski definition) is 4. The number of rotatable bonds is 5. The molecule has 2 rings (SSSR count). The Morgan fingerprint density at radius 1 is 1.53 bits per heavy atom. The molecule has 0 bridgehead atoms. The number of aryl methyl sites for hydroxylation is 2. The van der Waals surface area contributed by atoms with Crippen LogP contribution in [0.25, 0.3) is 0 Å². The van der Waals surface area contributed by atoms with E-state index < -0.39 is 0 Å². The summed E-state index contributed by atoms with van der Waals surface area (Å²) in [5.74, 6) is 6.59. The van der Waals surface area contributed by atoms with Crippen molar-refractivity contribution in [3.63, 3.8) is 0 Å². The third kappa shape index (κ3) is 2.57. The average Bonchev–Trinajstić information content (AvgIpc) is 2.94. The Balaban J connectivity index is 2.16. The molecule has 0 spiro atoms. The zero-order chi connectivity index (χ0) is 12.3. The second kappa shape index (κ2) is 5.16. The van der Waals surface area contributed by atoms with Gasteiger partial charge in [0.2, 0.25) is 0 Å². The minimum atomic E-state index is 0.0404. The number of hydrazine groups is 1. The van der Waals surface area contributed by atoms with E-state index in [1.165, 1.54) is 0 Å². The van der Waals surface area contributed by atoms with Crippen molar-refractivity contribution in [3.8, 4) is 0 Å². The monoisotopic (exact) mass is 234 g/mol. The minimum Gasteiger partial charge on any atom is -0.469 e. The second-order valence-electron chi connectivity index (χ2n) is 4.06. The molecule has 2 aromatic heterocycles. The first-order valence-corrected chi connectivity index (χ1v) is 5.75. The molecule has 0 aliphatic heterocycles. The van der Waals surface area contributed by atoms with Gasteiger partial charge >= 0.3 is 0 Å². The van der Waals surface area contributed by atoms with Gasteiger partial charge in [-0.3, -0.25) is 16.0 Å². The minimum absolute atomic E-state index is 0.0404. The quantitative estimate of drug-likeness (QED) is 0.605. The Morgan fingerprint density at radius 2 is 2.35 bits per heavy atom. The Bertz CT molecular complexity index is 474. The lowest BCUT2D eigenvalue weighted by atomic mass is 10.0. The number of nitrogens with one attached hydrogen (secondary N) is 1. The predicted octanol–water partition coefficient (Wildman–Crippen LogP) is 1.32. The fraction of sp³-hybridized carbons (Fsp3) is 0.417. The second-order valence-corrected chi connectivity index (χ2v) is 4.06. The van der Waals surface area contributed by atoms with Crippen LogP contribution in [-0.4, -0.2) is 9.78 Å². The molecule has 0 aliphatic rings. The topological polar surface area (TPSA) is 69.0 Å². The maximum absolute atomic E-state index is 5.62. The fourth-order valence-corrected chi connectivity index (χ4v) is 1.99. The van der Waals surface area contributed by atoms with E-state index in [1.54, 1.807) is 10.9 Å². The molecule has 0 fully saturated rings. The first-order chi connectivity index (χ1) is 8.24. The van der Waals surface area contributed by atoms with Crippen LogP contribution in [0.3, 0.4) is 0 Å². The Morgan fingerprint density at radius 3 is 2.94 bits per heavy atom. The average molecular weight is 234 g/mol. The van der Waals surface area contributed by atoms with Crippen LogP contribution in [0.2, 0.25) is 0 Å². The van der Waals surface area contributed by atoms with Crippen LogP contribution in [0.5, 0.6) is 0 Å². The van der Waals surface area contributed by atoms with E-state index in [1.807, 2.05) is 25.4 Å². The summed E-state index contributed by atoms with van der Waals surface area (Å²) >= 11 is 0. The zero-order valence-corrected chi connectivity index (χ0v) is 10.2. The van der Waals surface area contributed by atoms with Crippen LogP contribution < -0.4 is 11.3 Å². The van der Waals surface area contributed by atoms with E-state index in [0.29, 0.717) is 0 Å². The lowest BCUT2D eigenvalue weighted by molar-refractivity contribution is 0.485. The number of nitrogens with zero attached hydrogens (tertiary/aromatic N) is 2. The summed E-state index contributed by atoms with van der Waals surface area (Å²) in [6.07, 6.45) is 5.25. The van der Waals surface area contributed by atoms with Gasteiger partial charge < -0.3 is 4.42 Å². The first-order valence-electron chi connectivity index (χ1n) is 5.75. The third-order valence-corrected chi connectivity index (χ3v) is 2.86. The third-order valence-electron chi connectivity index (χ3n) is 2.86. The van der Waals surface area contributed by atoms with Crippen LogP contribution in [-0.2, 0) is 19.9 Å². The zero-order valence-electron chi connectivity index (χ0n) is 10.2. The largest absolute Gasteiger partial charge is 0.469 e. The van der Waals surface area contributed by atoms with Gasteiger partial charge in [-0.25, -0.2) is 0 Å². The van der Waals surface area contributed by atoms with Gasteiger partial charge in [-0.05, 0) is 12.1 Å². The summed E-state index contributed by atoms with van der Waals surface area (Å²) in [6.45, 7) is 2.07. The first kappa shape index (κ1) is 11.9. The van der Waals surface area contributed by atoms with E-state index >= 15 is 0 Å². The van der Waals surface area contributed by atoms with Gasteiger partial charge in [0.25, 0.3) is 0 Å². The molecular formula is C12H18N4O. The van der Waals surface area contributed by atoms with Crippen molar-refractivity contribution in [2.45, 2.75) is 25.8 Å². The van der Waals surface area contributed by atoms with Crippen LogP contribution >= 0.6 is 0 Å². The molecule has 2 aromatic rings. The number of nitrogens with two attached hydrogens (primary N) is 1. The highest BCUT2D eigenvalue weighted by Gasteiger charge is 2.17. The molecule has 0 saturated heterocycles. The molecule has 5 nitrogen and oxygen atoms in total. The molecular weight excluding hydrogens is 216 g/mol. The fourth-order valence-electron chi connectivity index (χ4n) is 1.99. The van der Waals surface area contributed by atoms with Crippen molar-refractivity contribution in [1.82, 2.24) is 15.2 Å². The Hall–Kier alpha value is -1.59. The van der Waals surface area contributed by atoms with Crippen molar-refractivity contribution >= 4 is 0 Å². The standard InChI is InChI=1S/C12H18N4O/c1-3-12-10(5-7-17-12)11(14-13)8-9-4-6-16(2)15-9/h4-7,11,14H,3,8,13H2,1-2H3. The molecule has 2 heterocycles. The van der Waals surface area contributed by atoms with E-state index in [4.69, 9.17) is 10.3 Å². The summed E-state index contributed by atoms with van der Waals surface area (Å²) in [5.41, 5.74) is 4.95. The van der Waals surface area contributed by atoms with Crippen molar-refractivity contribution in [2.24, 2.45) is 12.9 Å². The summed E-state index contributed by atoms with van der Waals surface area (Å²) in [4.78, 5) is 0. The maximum Gasteiger partial charge on any atom is 0.108 e. The van der Waals surface area contributed by atoms with Gasteiger partial charge in [0, 0.05) is 31.6 Å². The van der Waals surface area contributed by atoms with Gasteiger partial charge in [0.1, 0.15) is 5.76 Å². The van der Waals surface area contributed by atoms with E-state index in [2.05, 4.69) is 17.4 Å². The highest BCUT2D eigenvalue weighted by Crippen LogP contribution is 2.22. The van der Waals surface area contributed by atoms with Gasteiger partial charge in [-0.2, -0.15) is 5.10 Å². The van der Waals surface area contributed by atoms with E-state index in [0.717, 1.165) is 29.9 Å². The van der Waals surface area contributed by atoms with Crippen LogP contribution in [0, 0.1) is 0 Å². The smallest absolute Gasteiger partial charge is 0.108 e. The van der Waals surface area contributed by atoms with Crippen LogP contribution in [0.4, 0.5) is 0 Å². The maximum atomic E-state index is 5.62. The van der Waals surface area contributed by atoms with Crippen LogP contribution in [0.1, 0.15) is 30.0 Å². The highest BCUT2D eigenvalue weighted by molar-refractivity contribution is 5.23. The number of hydrogen-bond donors (Lipinski definition) is 2. The lowest BCUT2D eigenvalue weighted by Gasteiger charge is -2.14. The van der Waals surface area contributed by atoms with Crippen molar-refractivity contribution < 1.29 is 4.42 Å². The molecule has 92 valence electrons. The molecule has 5 heteroatoms. The molecule has 1 unspecified atom stereocenters. The van der Waals surface area contributed by atoms with Gasteiger partial charge in [0.15, 0.2) is 0 Å². The SMILES string of the molecule is CCc1occc1C(Cc1ccn(C)n1)NN. The van der Waals surface area contributed by atoms with Crippen molar-refractivity contribution in [2.75, 3.05) is 0 Å². The molecule has 3 N–H and O–H groups in total. The van der Waals surface area contributed by atoms with Crippen molar-refractivity contribution in [1.29, 1.82) is 0 Å². The normalized spacial score (nSPS) is 12.9. The van der Waals surface area contributed by atoms with Gasteiger partial charge in [-0.1, -0.05) is 6.92 Å². The summed E-state index contributed by atoms with van der Waals surface area (Å²) in [6, 6.07) is 4.00. The number of furan rings is 1. The molecule has 0 radical (unpaired) electrons.